The zero-order valence-electron chi connectivity index (χ0n) is 18.9. The van der Waals surface area contributed by atoms with Crippen LogP contribution in [-0.4, -0.2) is 67.2 Å². The van der Waals surface area contributed by atoms with Crippen molar-refractivity contribution >= 4 is 22.5 Å². The van der Waals surface area contributed by atoms with E-state index in [1.165, 1.54) is 31.4 Å². The van der Waals surface area contributed by atoms with Crippen molar-refractivity contribution in [3.05, 3.63) is 64.3 Å². The second-order valence-corrected chi connectivity index (χ2v) is 7.80. The largest absolute Gasteiger partial charge is 0.496 e. The molecule has 0 bridgehead atoms. The van der Waals surface area contributed by atoms with Crippen LogP contribution in [0.3, 0.4) is 0 Å². The lowest BCUT2D eigenvalue weighted by atomic mass is 10.1. The lowest BCUT2D eigenvalue weighted by molar-refractivity contribution is -0.384. The molecule has 1 N–H and O–H groups in total. The fourth-order valence-corrected chi connectivity index (χ4v) is 3.77. The molecule has 2 aromatic carbocycles. The maximum Gasteiger partial charge on any atom is 0.269 e. The zero-order valence-corrected chi connectivity index (χ0v) is 18.9. The Morgan fingerprint density at radius 2 is 1.94 bits per heavy atom. The van der Waals surface area contributed by atoms with E-state index in [1.54, 1.807) is 24.4 Å². The van der Waals surface area contributed by atoms with E-state index < -0.39 is 4.92 Å². The predicted octanol–water partition coefficient (Wildman–Crippen LogP) is 3.40. The summed E-state index contributed by atoms with van der Waals surface area (Å²) in [7, 11) is 1.51. The van der Waals surface area contributed by atoms with Crippen molar-refractivity contribution in [2.24, 2.45) is 0 Å². The van der Waals surface area contributed by atoms with Crippen molar-refractivity contribution in [3.8, 4) is 17.2 Å². The van der Waals surface area contributed by atoms with Gasteiger partial charge in [-0.3, -0.25) is 24.8 Å². The van der Waals surface area contributed by atoms with Gasteiger partial charge in [0.25, 0.3) is 11.6 Å². The third kappa shape index (κ3) is 5.59. The number of non-ortho nitro benzene ring substituents is 1. The lowest BCUT2D eigenvalue weighted by Gasteiger charge is -2.26. The number of nitrogens with one attached hydrogen (secondary N) is 1. The quantitative estimate of drug-likeness (QED) is 0.290. The Bertz CT molecular complexity index is 1160. The zero-order chi connectivity index (χ0) is 23.9. The Morgan fingerprint density at radius 3 is 2.65 bits per heavy atom. The molecule has 1 aromatic heterocycles. The number of nitrogens with zero attached hydrogens (tertiary/aromatic N) is 3. The predicted molar refractivity (Wildman–Crippen MR) is 126 cm³/mol. The van der Waals surface area contributed by atoms with Gasteiger partial charge in [-0.2, -0.15) is 0 Å². The Hall–Kier alpha value is -3.76. The molecule has 1 amide bonds. The van der Waals surface area contributed by atoms with Gasteiger partial charge in [-0.25, -0.2) is 0 Å². The SMILES string of the molecule is COc1cc2nccc(Oc3ccc([N+](=O)[O-])cc3)c2cc1C(=O)NCCCN1CCOCC1. The first kappa shape index (κ1) is 23.4. The van der Waals surface area contributed by atoms with Gasteiger partial charge < -0.3 is 19.5 Å². The average molecular weight is 466 g/mol. The summed E-state index contributed by atoms with van der Waals surface area (Å²) in [5.74, 6) is 1.08. The van der Waals surface area contributed by atoms with E-state index in [4.69, 9.17) is 14.2 Å². The number of methoxy groups -OCH3 is 1. The number of fused-ring (bicyclic) bond motifs is 1. The van der Waals surface area contributed by atoms with Crippen molar-refractivity contribution in [2.45, 2.75) is 6.42 Å². The first-order valence-corrected chi connectivity index (χ1v) is 11.0. The maximum atomic E-state index is 12.9. The van der Waals surface area contributed by atoms with Gasteiger partial charge in [0, 0.05) is 49.4 Å². The summed E-state index contributed by atoms with van der Waals surface area (Å²) in [6.45, 7) is 4.76. The number of aromatic nitrogens is 1. The van der Waals surface area contributed by atoms with Crippen LogP contribution in [0.1, 0.15) is 16.8 Å². The molecule has 0 spiro atoms. The van der Waals surface area contributed by atoms with Crippen LogP contribution in [0.2, 0.25) is 0 Å². The van der Waals surface area contributed by atoms with Gasteiger partial charge in [0.1, 0.15) is 17.2 Å². The third-order valence-corrected chi connectivity index (χ3v) is 5.58. The van der Waals surface area contributed by atoms with Crippen molar-refractivity contribution in [1.29, 1.82) is 0 Å². The Morgan fingerprint density at radius 1 is 1.18 bits per heavy atom. The number of amides is 1. The van der Waals surface area contributed by atoms with Crippen molar-refractivity contribution in [2.75, 3.05) is 46.5 Å². The molecule has 1 fully saturated rings. The van der Waals surface area contributed by atoms with Crippen molar-refractivity contribution < 1.29 is 23.9 Å². The van der Waals surface area contributed by atoms with E-state index >= 15 is 0 Å². The van der Waals surface area contributed by atoms with E-state index in [9.17, 15) is 14.9 Å². The fraction of sp³-hybridized carbons (Fsp3) is 0.333. The standard InChI is InChI=1S/C24H26N4O6/c1-32-23-16-21-19(15-20(23)24(29)26-8-2-10-27-11-13-33-14-12-27)22(7-9-25-21)34-18-5-3-17(4-6-18)28(30)31/h3-7,9,15-16H,2,8,10-14H2,1H3,(H,26,29). The molecule has 10 heteroatoms. The van der Waals surface area contributed by atoms with Crippen molar-refractivity contribution in [1.82, 2.24) is 15.2 Å². The minimum atomic E-state index is -0.469. The number of ether oxygens (including phenoxy) is 3. The number of nitro benzene ring substituents is 1. The molecule has 1 aliphatic heterocycles. The van der Waals surface area contributed by atoms with E-state index in [2.05, 4.69) is 15.2 Å². The van der Waals surface area contributed by atoms with Gasteiger partial charge in [0.2, 0.25) is 0 Å². The average Bonchev–Trinajstić information content (AvgIpc) is 2.87. The highest BCUT2D eigenvalue weighted by Gasteiger charge is 2.17. The number of hydrogen-bond donors (Lipinski definition) is 1. The molecule has 1 saturated heterocycles. The van der Waals surface area contributed by atoms with E-state index in [0.29, 0.717) is 40.3 Å². The van der Waals surface area contributed by atoms with E-state index in [1.807, 2.05) is 0 Å². The smallest absolute Gasteiger partial charge is 0.269 e. The summed E-state index contributed by atoms with van der Waals surface area (Å²) in [5, 5.41) is 14.5. The van der Waals surface area contributed by atoms with E-state index in [-0.39, 0.29) is 11.6 Å². The van der Waals surface area contributed by atoms with Crippen LogP contribution in [0, 0.1) is 10.1 Å². The first-order chi connectivity index (χ1) is 16.5. The summed E-state index contributed by atoms with van der Waals surface area (Å²) >= 11 is 0. The number of pyridine rings is 1. The molecule has 0 unspecified atom stereocenters. The number of rotatable bonds is 9. The van der Waals surface area contributed by atoms with Gasteiger partial charge in [-0.1, -0.05) is 0 Å². The molecule has 178 valence electrons. The number of nitro groups is 1. The van der Waals surface area contributed by atoms with Crippen molar-refractivity contribution in [3.63, 3.8) is 0 Å². The molecule has 4 rings (SSSR count). The van der Waals surface area contributed by atoms with Crippen LogP contribution in [0.5, 0.6) is 17.2 Å². The summed E-state index contributed by atoms with van der Waals surface area (Å²) in [6.07, 6.45) is 2.42. The first-order valence-electron chi connectivity index (χ1n) is 11.0. The fourth-order valence-electron chi connectivity index (χ4n) is 3.77. The highest BCUT2D eigenvalue weighted by atomic mass is 16.6. The maximum absolute atomic E-state index is 12.9. The number of benzene rings is 2. The molecule has 0 radical (unpaired) electrons. The number of hydrogen-bond acceptors (Lipinski definition) is 8. The van der Waals surface area contributed by atoms with Crippen LogP contribution in [0.4, 0.5) is 5.69 Å². The Balaban J connectivity index is 1.49. The number of carbonyl (C=O) groups excluding carboxylic acids is 1. The molecule has 2 heterocycles. The second kappa shape index (κ2) is 10.9. The topological polar surface area (TPSA) is 116 Å². The summed E-state index contributed by atoms with van der Waals surface area (Å²) in [5.41, 5.74) is 0.951. The molecule has 0 atom stereocenters. The minimum absolute atomic E-state index is 0.0238. The third-order valence-electron chi connectivity index (χ3n) is 5.58. The minimum Gasteiger partial charge on any atom is -0.496 e. The van der Waals surface area contributed by atoms with Crippen LogP contribution in [0.25, 0.3) is 10.9 Å². The normalized spacial score (nSPS) is 14.0. The summed E-state index contributed by atoms with van der Waals surface area (Å²) < 4.78 is 16.7. The molecule has 0 saturated carbocycles. The Labute approximate surface area is 196 Å². The summed E-state index contributed by atoms with van der Waals surface area (Å²) in [4.78, 5) is 30.0. The van der Waals surface area contributed by atoms with E-state index in [0.717, 1.165) is 39.3 Å². The molecule has 34 heavy (non-hydrogen) atoms. The van der Waals surface area contributed by atoms with Gasteiger partial charge in [0.05, 0.1) is 36.3 Å². The number of morpholine rings is 1. The highest BCUT2D eigenvalue weighted by Crippen LogP contribution is 2.33. The van der Waals surface area contributed by atoms with Crippen LogP contribution < -0.4 is 14.8 Å². The van der Waals surface area contributed by atoms with Crippen LogP contribution in [-0.2, 0) is 4.74 Å². The van der Waals surface area contributed by atoms with Gasteiger partial charge in [-0.15, -0.1) is 0 Å². The molecule has 1 aliphatic rings. The van der Waals surface area contributed by atoms with Gasteiger partial charge >= 0.3 is 0 Å². The second-order valence-electron chi connectivity index (χ2n) is 7.80. The lowest BCUT2D eigenvalue weighted by Crippen LogP contribution is -2.38. The molecule has 0 aliphatic carbocycles. The van der Waals surface area contributed by atoms with Crippen LogP contribution in [0.15, 0.2) is 48.7 Å². The monoisotopic (exact) mass is 466 g/mol. The molecular weight excluding hydrogens is 440 g/mol. The van der Waals surface area contributed by atoms with Gasteiger partial charge in [-0.05, 0) is 37.2 Å². The van der Waals surface area contributed by atoms with Crippen LogP contribution >= 0.6 is 0 Å². The molecule has 10 nitrogen and oxygen atoms in total. The molecular formula is C24H26N4O6. The summed E-state index contributed by atoms with van der Waals surface area (Å²) in [6, 6.07) is 10.9. The van der Waals surface area contributed by atoms with Gasteiger partial charge in [0.15, 0.2) is 0 Å². The Kier molecular flexibility index (Phi) is 7.51. The highest BCUT2D eigenvalue weighted by molar-refractivity contribution is 6.02. The number of carbonyl (C=O) groups is 1. The molecule has 3 aromatic rings.